The summed E-state index contributed by atoms with van der Waals surface area (Å²) in [6.07, 6.45) is 0. The maximum atomic E-state index is 5.64. The Morgan fingerprint density at radius 3 is 2.80 bits per heavy atom. The van der Waals surface area contributed by atoms with Crippen LogP contribution < -0.4 is 5.73 Å². The van der Waals surface area contributed by atoms with Crippen molar-refractivity contribution < 1.29 is 0 Å². The predicted molar refractivity (Wildman–Crippen MR) is 67.1 cm³/mol. The highest BCUT2D eigenvalue weighted by Crippen LogP contribution is 2.31. The van der Waals surface area contributed by atoms with Gasteiger partial charge < -0.3 is 5.73 Å². The van der Waals surface area contributed by atoms with E-state index in [1.54, 1.807) is 0 Å². The molecule has 2 N–H and O–H groups in total. The van der Waals surface area contributed by atoms with Crippen LogP contribution >= 0.6 is 11.3 Å². The van der Waals surface area contributed by atoms with Gasteiger partial charge in [0, 0.05) is 22.3 Å². The van der Waals surface area contributed by atoms with Crippen LogP contribution in [0.1, 0.15) is 17.8 Å². The number of fused-ring (bicyclic) bond motifs is 1. The highest BCUT2D eigenvalue weighted by atomic mass is 32.1. The molecule has 15 heavy (non-hydrogen) atoms. The Hall–Kier alpha value is -0.900. The monoisotopic (exact) mass is 220 g/mol. The van der Waals surface area contributed by atoms with Gasteiger partial charge >= 0.3 is 0 Å². The fourth-order valence-corrected chi connectivity index (χ4v) is 2.77. The SMILES string of the molecule is CC(c1cc2ccccc2s1)N(C)CN. The second-order valence-electron chi connectivity index (χ2n) is 3.80. The molecule has 0 radical (unpaired) electrons. The Kier molecular flexibility index (Phi) is 3.05. The van der Waals surface area contributed by atoms with E-state index in [-0.39, 0.29) is 0 Å². The van der Waals surface area contributed by atoms with Crippen molar-refractivity contribution in [2.24, 2.45) is 5.73 Å². The molecular weight excluding hydrogens is 204 g/mol. The van der Waals surface area contributed by atoms with Crippen molar-refractivity contribution in [2.45, 2.75) is 13.0 Å². The average molecular weight is 220 g/mol. The summed E-state index contributed by atoms with van der Waals surface area (Å²) >= 11 is 1.85. The van der Waals surface area contributed by atoms with Gasteiger partial charge in [0.05, 0.1) is 0 Å². The number of nitrogens with zero attached hydrogens (tertiary/aromatic N) is 1. The first kappa shape index (κ1) is 10.6. The summed E-state index contributed by atoms with van der Waals surface area (Å²) in [5.41, 5.74) is 5.64. The van der Waals surface area contributed by atoms with Crippen molar-refractivity contribution in [2.75, 3.05) is 13.7 Å². The fraction of sp³-hybridized carbons (Fsp3) is 0.333. The van der Waals surface area contributed by atoms with Crippen molar-refractivity contribution in [3.05, 3.63) is 35.2 Å². The molecule has 1 unspecified atom stereocenters. The summed E-state index contributed by atoms with van der Waals surface area (Å²) in [6, 6.07) is 11.1. The highest BCUT2D eigenvalue weighted by molar-refractivity contribution is 7.19. The zero-order valence-electron chi connectivity index (χ0n) is 9.10. The van der Waals surface area contributed by atoms with E-state index in [9.17, 15) is 0 Å². The third-order valence-electron chi connectivity index (χ3n) is 2.81. The molecule has 1 atom stereocenters. The van der Waals surface area contributed by atoms with Gasteiger partial charge in [-0.15, -0.1) is 11.3 Å². The van der Waals surface area contributed by atoms with Gasteiger partial charge in [0.2, 0.25) is 0 Å². The van der Waals surface area contributed by atoms with E-state index >= 15 is 0 Å². The Balaban J connectivity index is 2.36. The maximum absolute atomic E-state index is 5.64. The molecule has 0 aliphatic rings. The van der Waals surface area contributed by atoms with Gasteiger partial charge in [0.1, 0.15) is 0 Å². The Labute approximate surface area is 94.3 Å². The van der Waals surface area contributed by atoms with Gasteiger partial charge in [-0.05, 0) is 31.5 Å². The lowest BCUT2D eigenvalue weighted by atomic mass is 10.2. The Morgan fingerprint density at radius 1 is 1.40 bits per heavy atom. The second-order valence-corrected chi connectivity index (χ2v) is 4.92. The molecular formula is C12H16N2S. The van der Waals surface area contributed by atoms with E-state index in [1.807, 2.05) is 11.3 Å². The summed E-state index contributed by atoms with van der Waals surface area (Å²) in [5.74, 6) is 0. The van der Waals surface area contributed by atoms with Crippen LogP contribution in [0, 0.1) is 0 Å². The number of benzene rings is 1. The van der Waals surface area contributed by atoms with Crippen LogP contribution in [-0.2, 0) is 0 Å². The summed E-state index contributed by atoms with van der Waals surface area (Å²) in [5, 5.41) is 1.33. The molecule has 3 heteroatoms. The van der Waals surface area contributed by atoms with Gasteiger partial charge in [-0.25, -0.2) is 0 Å². The zero-order chi connectivity index (χ0) is 10.8. The quantitative estimate of drug-likeness (QED) is 0.806. The van der Waals surface area contributed by atoms with Crippen LogP contribution in [0.5, 0.6) is 0 Å². The zero-order valence-corrected chi connectivity index (χ0v) is 9.92. The van der Waals surface area contributed by atoms with E-state index in [4.69, 9.17) is 5.73 Å². The minimum absolute atomic E-state index is 0.396. The van der Waals surface area contributed by atoms with Crippen molar-refractivity contribution in [1.29, 1.82) is 0 Å². The molecule has 1 aromatic carbocycles. The van der Waals surface area contributed by atoms with Crippen LogP contribution in [0.25, 0.3) is 10.1 Å². The summed E-state index contributed by atoms with van der Waals surface area (Å²) in [7, 11) is 2.05. The maximum Gasteiger partial charge on any atom is 0.0458 e. The lowest BCUT2D eigenvalue weighted by Crippen LogP contribution is -2.28. The van der Waals surface area contributed by atoms with Crippen LogP contribution in [-0.4, -0.2) is 18.6 Å². The minimum Gasteiger partial charge on any atom is -0.318 e. The largest absolute Gasteiger partial charge is 0.318 e. The van der Waals surface area contributed by atoms with Crippen LogP contribution in [0.4, 0.5) is 0 Å². The lowest BCUT2D eigenvalue weighted by Gasteiger charge is -2.21. The van der Waals surface area contributed by atoms with Crippen LogP contribution in [0.2, 0.25) is 0 Å². The lowest BCUT2D eigenvalue weighted by molar-refractivity contribution is 0.273. The molecule has 0 fully saturated rings. The van der Waals surface area contributed by atoms with E-state index in [2.05, 4.69) is 49.2 Å². The molecule has 0 spiro atoms. The van der Waals surface area contributed by atoms with Crippen molar-refractivity contribution in [1.82, 2.24) is 4.90 Å². The molecule has 2 aromatic rings. The number of rotatable bonds is 3. The van der Waals surface area contributed by atoms with Gasteiger partial charge in [-0.3, -0.25) is 4.90 Å². The number of hydrogen-bond donors (Lipinski definition) is 1. The first-order valence-corrected chi connectivity index (χ1v) is 5.93. The molecule has 0 bridgehead atoms. The highest BCUT2D eigenvalue weighted by Gasteiger charge is 2.12. The number of nitrogens with two attached hydrogens (primary N) is 1. The molecule has 2 rings (SSSR count). The molecule has 0 saturated carbocycles. The minimum atomic E-state index is 0.396. The first-order chi connectivity index (χ1) is 7.22. The second kappa shape index (κ2) is 4.31. The molecule has 0 aliphatic carbocycles. The standard InChI is InChI=1S/C12H16N2S/c1-9(14(2)8-13)12-7-10-5-3-4-6-11(10)15-12/h3-7,9H,8,13H2,1-2H3. The van der Waals surface area contributed by atoms with E-state index < -0.39 is 0 Å². The summed E-state index contributed by atoms with van der Waals surface area (Å²) < 4.78 is 1.35. The molecule has 0 amide bonds. The molecule has 0 saturated heterocycles. The average Bonchev–Trinajstić information content (AvgIpc) is 2.70. The van der Waals surface area contributed by atoms with Gasteiger partial charge in [-0.2, -0.15) is 0 Å². The smallest absolute Gasteiger partial charge is 0.0458 e. The molecule has 0 aliphatic heterocycles. The Bertz CT molecular complexity index is 417. The van der Waals surface area contributed by atoms with E-state index in [0.29, 0.717) is 12.7 Å². The van der Waals surface area contributed by atoms with Crippen molar-refractivity contribution in [3.8, 4) is 0 Å². The van der Waals surface area contributed by atoms with Crippen molar-refractivity contribution >= 4 is 21.4 Å². The fourth-order valence-electron chi connectivity index (χ4n) is 1.58. The van der Waals surface area contributed by atoms with Gasteiger partial charge in [0.25, 0.3) is 0 Å². The van der Waals surface area contributed by atoms with Gasteiger partial charge in [0.15, 0.2) is 0 Å². The van der Waals surface area contributed by atoms with Gasteiger partial charge in [-0.1, -0.05) is 18.2 Å². The number of hydrogen-bond acceptors (Lipinski definition) is 3. The van der Waals surface area contributed by atoms with Crippen LogP contribution in [0.15, 0.2) is 30.3 Å². The van der Waals surface area contributed by atoms with E-state index in [1.165, 1.54) is 15.0 Å². The third kappa shape index (κ3) is 2.04. The Morgan fingerprint density at radius 2 is 2.13 bits per heavy atom. The normalized spacial score (nSPS) is 13.6. The topological polar surface area (TPSA) is 29.3 Å². The van der Waals surface area contributed by atoms with Crippen LogP contribution in [0.3, 0.4) is 0 Å². The predicted octanol–water partition coefficient (Wildman–Crippen LogP) is 2.81. The summed E-state index contributed by atoms with van der Waals surface area (Å²) in [6.45, 7) is 2.78. The molecule has 2 nitrogen and oxygen atoms in total. The first-order valence-electron chi connectivity index (χ1n) is 5.11. The number of thiophene rings is 1. The van der Waals surface area contributed by atoms with Crippen molar-refractivity contribution in [3.63, 3.8) is 0 Å². The molecule has 80 valence electrons. The molecule has 1 heterocycles. The summed E-state index contributed by atoms with van der Waals surface area (Å²) in [4.78, 5) is 3.52. The third-order valence-corrected chi connectivity index (χ3v) is 4.09. The van der Waals surface area contributed by atoms with E-state index in [0.717, 1.165) is 0 Å². The molecule has 1 aromatic heterocycles.